The maximum absolute atomic E-state index is 13.7. The number of nitrogens with one attached hydrogen (secondary N) is 1. The Hall–Kier alpha value is -2.47. The van der Waals surface area contributed by atoms with Crippen LogP contribution in [0.4, 0.5) is 15.8 Å². The Kier molecular flexibility index (Phi) is 5.05. The third-order valence-corrected chi connectivity index (χ3v) is 4.35. The molecule has 1 fully saturated rings. The van der Waals surface area contributed by atoms with E-state index in [1.807, 2.05) is 18.2 Å². The molecule has 24 heavy (non-hydrogen) atoms. The number of anilines is 1. The van der Waals surface area contributed by atoms with Crippen LogP contribution in [-0.4, -0.2) is 29.0 Å². The minimum Gasteiger partial charge on any atom is -0.382 e. The van der Waals surface area contributed by atoms with Gasteiger partial charge in [0.15, 0.2) is 0 Å². The Morgan fingerprint density at radius 2 is 1.88 bits per heavy atom. The molecule has 5 nitrogen and oxygen atoms in total. The first-order valence-corrected chi connectivity index (χ1v) is 8.08. The highest BCUT2D eigenvalue weighted by Gasteiger charge is 2.20. The van der Waals surface area contributed by atoms with Crippen LogP contribution in [0.25, 0.3) is 0 Å². The molecule has 2 aromatic carbocycles. The van der Waals surface area contributed by atoms with Gasteiger partial charge in [0, 0.05) is 43.5 Å². The molecule has 2 aromatic rings. The van der Waals surface area contributed by atoms with Crippen LogP contribution in [0, 0.1) is 15.9 Å². The van der Waals surface area contributed by atoms with E-state index in [1.54, 1.807) is 6.07 Å². The fourth-order valence-corrected chi connectivity index (χ4v) is 3.06. The molecule has 1 saturated heterocycles. The number of benzene rings is 2. The van der Waals surface area contributed by atoms with Crippen molar-refractivity contribution in [3.63, 3.8) is 0 Å². The van der Waals surface area contributed by atoms with Gasteiger partial charge in [-0.25, -0.2) is 0 Å². The van der Waals surface area contributed by atoms with E-state index in [0.717, 1.165) is 32.5 Å². The molecule has 1 aliphatic rings. The summed E-state index contributed by atoms with van der Waals surface area (Å²) in [5, 5.41) is 13.9. The number of nitro benzene ring substituents is 1. The zero-order valence-corrected chi connectivity index (χ0v) is 13.3. The molecule has 1 heterocycles. The van der Waals surface area contributed by atoms with Crippen LogP contribution in [0.1, 0.15) is 18.4 Å². The van der Waals surface area contributed by atoms with Crippen molar-refractivity contribution in [2.75, 3.05) is 18.4 Å². The van der Waals surface area contributed by atoms with Crippen LogP contribution >= 0.6 is 0 Å². The summed E-state index contributed by atoms with van der Waals surface area (Å²) in [6.45, 7) is 2.89. The second-order valence-corrected chi connectivity index (χ2v) is 6.10. The minimum absolute atomic E-state index is 0.262. The van der Waals surface area contributed by atoms with Crippen molar-refractivity contribution in [1.82, 2.24) is 4.90 Å². The zero-order valence-electron chi connectivity index (χ0n) is 13.3. The summed E-state index contributed by atoms with van der Waals surface area (Å²) in [6.07, 6.45) is 1.93. The van der Waals surface area contributed by atoms with Crippen molar-refractivity contribution in [1.29, 1.82) is 0 Å². The molecule has 0 radical (unpaired) electrons. The third-order valence-electron chi connectivity index (χ3n) is 4.35. The van der Waals surface area contributed by atoms with Gasteiger partial charge in [-0.3, -0.25) is 15.0 Å². The lowest BCUT2D eigenvalue weighted by Crippen LogP contribution is -2.38. The lowest BCUT2D eigenvalue weighted by atomic mass is 10.0. The van der Waals surface area contributed by atoms with E-state index >= 15 is 0 Å². The number of likely N-dealkylation sites (tertiary alicyclic amines) is 1. The predicted octanol–water partition coefficient (Wildman–Crippen LogP) is 3.81. The number of nitrogens with zero attached hydrogens (tertiary/aromatic N) is 2. The number of nitro groups is 1. The fourth-order valence-electron chi connectivity index (χ4n) is 3.06. The van der Waals surface area contributed by atoms with Crippen LogP contribution in [0.5, 0.6) is 0 Å². The molecule has 0 amide bonds. The van der Waals surface area contributed by atoms with Crippen molar-refractivity contribution in [2.24, 2.45) is 0 Å². The van der Waals surface area contributed by atoms with Gasteiger partial charge in [-0.2, -0.15) is 4.39 Å². The van der Waals surface area contributed by atoms with Gasteiger partial charge in [0.05, 0.1) is 4.92 Å². The van der Waals surface area contributed by atoms with Crippen LogP contribution in [0.3, 0.4) is 0 Å². The lowest BCUT2D eigenvalue weighted by Gasteiger charge is -2.32. The van der Waals surface area contributed by atoms with E-state index < -0.39 is 16.4 Å². The maximum Gasteiger partial charge on any atom is 0.304 e. The van der Waals surface area contributed by atoms with Gasteiger partial charge < -0.3 is 5.32 Å². The summed E-state index contributed by atoms with van der Waals surface area (Å²) in [5.74, 6) is -0.800. The van der Waals surface area contributed by atoms with Crippen molar-refractivity contribution >= 4 is 11.4 Å². The van der Waals surface area contributed by atoms with E-state index in [4.69, 9.17) is 0 Å². The van der Waals surface area contributed by atoms with Crippen molar-refractivity contribution < 1.29 is 9.31 Å². The summed E-state index contributed by atoms with van der Waals surface area (Å²) in [6, 6.07) is 14.6. The molecular formula is C18H20FN3O2. The largest absolute Gasteiger partial charge is 0.382 e. The van der Waals surface area contributed by atoms with Crippen molar-refractivity contribution in [2.45, 2.75) is 25.4 Å². The SMILES string of the molecule is O=[N+]([O-])c1ccc(NC2CCN(Cc3ccccc3)CC2)cc1F. The Labute approximate surface area is 140 Å². The number of hydrogen-bond acceptors (Lipinski definition) is 4. The van der Waals surface area contributed by atoms with Crippen LogP contribution in [0.15, 0.2) is 48.5 Å². The van der Waals surface area contributed by atoms with Crippen molar-refractivity contribution in [3.05, 3.63) is 70.0 Å². The molecule has 6 heteroatoms. The summed E-state index contributed by atoms with van der Waals surface area (Å²) in [4.78, 5) is 12.3. The molecule has 0 bridgehead atoms. The third kappa shape index (κ3) is 4.08. The Balaban J connectivity index is 1.52. The standard InChI is InChI=1S/C18H20FN3O2/c19-17-12-16(6-7-18(17)22(23)24)20-15-8-10-21(11-9-15)13-14-4-2-1-3-5-14/h1-7,12,15,20H,8-11,13H2. The number of hydrogen-bond donors (Lipinski definition) is 1. The molecule has 1 aliphatic heterocycles. The highest BCUT2D eigenvalue weighted by atomic mass is 19.1. The molecule has 0 aromatic heterocycles. The smallest absolute Gasteiger partial charge is 0.304 e. The average molecular weight is 329 g/mol. The molecule has 3 rings (SSSR count). The molecule has 0 spiro atoms. The van der Waals surface area contributed by atoms with Gasteiger partial charge in [-0.15, -0.1) is 0 Å². The van der Waals surface area contributed by atoms with E-state index in [9.17, 15) is 14.5 Å². The minimum atomic E-state index is -0.800. The Bertz CT molecular complexity index is 701. The van der Waals surface area contributed by atoms with E-state index in [-0.39, 0.29) is 6.04 Å². The van der Waals surface area contributed by atoms with Gasteiger partial charge in [0.1, 0.15) is 0 Å². The van der Waals surface area contributed by atoms with E-state index in [0.29, 0.717) is 5.69 Å². The normalized spacial score (nSPS) is 16.0. The summed E-state index contributed by atoms with van der Waals surface area (Å²) < 4.78 is 13.7. The van der Waals surface area contributed by atoms with Crippen molar-refractivity contribution in [3.8, 4) is 0 Å². The molecule has 0 unspecified atom stereocenters. The monoisotopic (exact) mass is 329 g/mol. The zero-order chi connectivity index (χ0) is 16.9. The van der Waals surface area contributed by atoms with Crippen LogP contribution in [0.2, 0.25) is 0 Å². The van der Waals surface area contributed by atoms with Crippen LogP contribution < -0.4 is 5.32 Å². The highest BCUT2D eigenvalue weighted by Crippen LogP contribution is 2.23. The fraction of sp³-hybridized carbons (Fsp3) is 0.333. The Morgan fingerprint density at radius 1 is 1.17 bits per heavy atom. The lowest BCUT2D eigenvalue weighted by molar-refractivity contribution is -0.387. The molecule has 0 saturated carbocycles. The maximum atomic E-state index is 13.7. The quantitative estimate of drug-likeness (QED) is 0.669. The molecule has 0 aliphatic carbocycles. The van der Waals surface area contributed by atoms with Gasteiger partial charge in [-0.1, -0.05) is 30.3 Å². The first kappa shape index (κ1) is 16.4. The first-order chi connectivity index (χ1) is 11.6. The highest BCUT2D eigenvalue weighted by molar-refractivity contribution is 5.50. The number of halogens is 1. The molecular weight excluding hydrogens is 309 g/mol. The molecule has 1 N–H and O–H groups in total. The average Bonchev–Trinajstić information content (AvgIpc) is 2.57. The summed E-state index contributed by atoms with van der Waals surface area (Å²) in [7, 11) is 0. The number of piperidine rings is 1. The number of rotatable bonds is 5. The molecule has 126 valence electrons. The second-order valence-electron chi connectivity index (χ2n) is 6.10. The molecule has 0 atom stereocenters. The summed E-state index contributed by atoms with van der Waals surface area (Å²) >= 11 is 0. The van der Waals surface area contributed by atoms with Gasteiger partial charge in [-0.05, 0) is 24.5 Å². The summed E-state index contributed by atoms with van der Waals surface area (Å²) in [5.41, 5.74) is 1.42. The Morgan fingerprint density at radius 3 is 2.50 bits per heavy atom. The van der Waals surface area contributed by atoms with Gasteiger partial charge in [0.25, 0.3) is 0 Å². The van der Waals surface area contributed by atoms with E-state index in [2.05, 4.69) is 22.3 Å². The van der Waals surface area contributed by atoms with E-state index in [1.165, 1.54) is 17.7 Å². The second kappa shape index (κ2) is 7.40. The van der Waals surface area contributed by atoms with Gasteiger partial charge >= 0.3 is 5.69 Å². The van der Waals surface area contributed by atoms with Gasteiger partial charge in [0.2, 0.25) is 5.82 Å². The predicted molar refractivity (Wildman–Crippen MR) is 91.4 cm³/mol. The first-order valence-electron chi connectivity index (χ1n) is 8.08. The topological polar surface area (TPSA) is 58.4 Å². The van der Waals surface area contributed by atoms with Crippen LogP contribution in [-0.2, 0) is 6.54 Å².